The average molecular weight is 233 g/mol. The van der Waals surface area contributed by atoms with Gasteiger partial charge in [-0.3, -0.25) is 4.98 Å². The van der Waals surface area contributed by atoms with Crippen molar-refractivity contribution >= 4 is 15.9 Å². The maximum absolute atomic E-state index is 13.2. The summed E-state index contributed by atoms with van der Waals surface area (Å²) in [6.45, 7) is 0.337. The number of hydrogen-bond acceptors (Lipinski definition) is 2. The largest absolute Gasteiger partial charge is 0.330 e. The number of alkyl halides is 1. The summed E-state index contributed by atoms with van der Waals surface area (Å²) in [4.78, 5) is 3.92. The van der Waals surface area contributed by atoms with Crippen LogP contribution in [0.15, 0.2) is 22.8 Å². The Hall–Kier alpha value is -0.480. The summed E-state index contributed by atoms with van der Waals surface area (Å²) in [7, 11) is 0. The van der Waals surface area contributed by atoms with Gasteiger partial charge in [-0.1, -0.05) is 0 Å². The fourth-order valence-corrected chi connectivity index (χ4v) is 1.41. The molecule has 0 aliphatic carbocycles. The van der Waals surface area contributed by atoms with Crippen LogP contribution in [0.2, 0.25) is 0 Å². The van der Waals surface area contributed by atoms with Crippen molar-refractivity contribution in [3.05, 3.63) is 28.5 Å². The van der Waals surface area contributed by atoms with Gasteiger partial charge in [-0.05, 0) is 41.0 Å². The topological polar surface area (TPSA) is 38.9 Å². The van der Waals surface area contributed by atoms with Crippen molar-refractivity contribution in [1.82, 2.24) is 4.98 Å². The molecule has 0 saturated heterocycles. The first-order chi connectivity index (χ1) is 5.75. The Labute approximate surface area is 79.1 Å². The second-order valence-corrected chi connectivity index (χ2v) is 3.27. The fourth-order valence-electron chi connectivity index (χ4n) is 0.911. The standard InChI is InChI=1S/C8H10BrFN2/c9-6-2-1-5-12-8(6)7(10)3-4-11/h1-2,5,7H,3-4,11H2. The molecule has 2 nitrogen and oxygen atoms in total. The zero-order chi connectivity index (χ0) is 8.97. The Morgan fingerprint density at radius 1 is 1.67 bits per heavy atom. The lowest BCUT2D eigenvalue weighted by Crippen LogP contribution is -2.05. The second-order valence-electron chi connectivity index (χ2n) is 2.42. The summed E-state index contributed by atoms with van der Waals surface area (Å²) >= 11 is 3.22. The molecule has 0 aromatic carbocycles. The van der Waals surface area contributed by atoms with E-state index < -0.39 is 6.17 Å². The monoisotopic (exact) mass is 232 g/mol. The minimum atomic E-state index is -1.06. The van der Waals surface area contributed by atoms with E-state index in [9.17, 15) is 4.39 Å². The average Bonchev–Trinajstić information content (AvgIpc) is 2.05. The molecule has 4 heteroatoms. The molecular formula is C8H10BrFN2. The van der Waals surface area contributed by atoms with Gasteiger partial charge in [0, 0.05) is 10.7 Å². The Morgan fingerprint density at radius 2 is 2.42 bits per heavy atom. The molecular weight excluding hydrogens is 223 g/mol. The molecule has 0 saturated carbocycles. The van der Waals surface area contributed by atoms with Crippen LogP contribution >= 0.6 is 15.9 Å². The van der Waals surface area contributed by atoms with Gasteiger partial charge >= 0.3 is 0 Å². The Morgan fingerprint density at radius 3 is 3.00 bits per heavy atom. The van der Waals surface area contributed by atoms with Crippen molar-refractivity contribution in [1.29, 1.82) is 0 Å². The van der Waals surface area contributed by atoms with Gasteiger partial charge in [0.1, 0.15) is 6.17 Å². The minimum Gasteiger partial charge on any atom is -0.330 e. The van der Waals surface area contributed by atoms with Gasteiger partial charge in [-0.15, -0.1) is 0 Å². The third kappa shape index (κ3) is 2.25. The zero-order valence-corrected chi connectivity index (χ0v) is 8.09. The third-order valence-corrected chi connectivity index (χ3v) is 2.17. The van der Waals surface area contributed by atoms with E-state index in [1.807, 2.05) is 0 Å². The highest BCUT2D eigenvalue weighted by atomic mass is 79.9. The SMILES string of the molecule is NCCC(F)c1ncccc1Br. The van der Waals surface area contributed by atoms with Gasteiger partial charge in [0.2, 0.25) is 0 Å². The number of halogens is 2. The molecule has 0 aliphatic heterocycles. The molecule has 1 rings (SSSR count). The van der Waals surface area contributed by atoms with Crippen LogP contribution in [-0.4, -0.2) is 11.5 Å². The van der Waals surface area contributed by atoms with E-state index >= 15 is 0 Å². The fraction of sp³-hybridized carbons (Fsp3) is 0.375. The summed E-state index contributed by atoms with van der Waals surface area (Å²) in [6.07, 6.45) is 0.823. The molecule has 66 valence electrons. The molecule has 1 unspecified atom stereocenters. The zero-order valence-electron chi connectivity index (χ0n) is 6.50. The van der Waals surface area contributed by atoms with Crippen molar-refractivity contribution in [3.8, 4) is 0 Å². The van der Waals surface area contributed by atoms with Crippen LogP contribution in [-0.2, 0) is 0 Å². The normalized spacial score (nSPS) is 12.9. The lowest BCUT2D eigenvalue weighted by atomic mass is 10.2. The van der Waals surface area contributed by atoms with Gasteiger partial charge in [-0.2, -0.15) is 0 Å². The predicted octanol–water partition coefficient (Wildman–Crippen LogP) is 2.20. The van der Waals surface area contributed by atoms with E-state index in [0.717, 1.165) is 0 Å². The molecule has 0 fully saturated rings. The van der Waals surface area contributed by atoms with Crippen LogP contribution < -0.4 is 5.73 Å². The van der Waals surface area contributed by atoms with Crippen LogP contribution in [0.3, 0.4) is 0 Å². The van der Waals surface area contributed by atoms with Gasteiger partial charge in [0.15, 0.2) is 0 Å². The first kappa shape index (κ1) is 9.61. The highest BCUT2D eigenvalue weighted by Crippen LogP contribution is 2.25. The van der Waals surface area contributed by atoms with Gasteiger partial charge in [0.05, 0.1) is 5.69 Å². The smallest absolute Gasteiger partial charge is 0.144 e. The van der Waals surface area contributed by atoms with Gasteiger partial charge in [0.25, 0.3) is 0 Å². The lowest BCUT2D eigenvalue weighted by molar-refractivity contribution is 0.319. The molecule has 1 atom stereocenters. The molecule has 12 heavy (non-hydrogen) atoms. The highest BCUT2D eigenvalue weighted by Gasteiger charge is 2.12. The number of rotatable bonds is 3. The predicted molar refractivity (Wildman–Crippen MR) is 49.5 cm³/mol. The molecule has 0 spiro atoms. The summed E-state index contributed by atoms with van der Waals surface area (Å²) in [5.41, 5.74) is 5.67. The number of nitrogens with two attached hydrogens (primary N) is 1. The van der Waals surface area contributed by atoms with Gasteiger partial charge in [-0.25, -0.2) is 4.39 Å². The lowest BCUT2D eigenvalue weighted by Gasteiger charge is -2.06. The molecule has 0 bridgehead atoms. The third-order valence-electron chi connectivity index (χ3n) is 1.50. The molecule has 2 N–H and O–H groups in total. The molecule has 0 amide bonds. The van der Waals surface area contributed by atoms with Crippen LogP contribution in [0, 0.1) is 0 Å². The first-order valence-electron chi connectivity index (χ1n) is 3.70. The molecule has 1 aromatic heterocycles. The quantitative estimate of drug-likeness (QED) is 0.869. The van der Waals surface area contributed by atoms with Crippen LogP contribution in [0.25, 0.3) is 0 Å². The first-order valence-corrected chi connectivity index (χ1v) is 4.49. The molecule has 1 heterocycles. The summed E-state index contributed by atoms with van der Waals surface area (Å²) < 4.78 is 13.9. The van der Waals surface area contributed by atoms with E-state index in [1.54, 1.807) is 18.3 Å². The summed E-state index contributed by atoms with van der Waals surface area (Å²) in [5, 5.41) is 0. The van der Waals surface area contributed by atoms with E-state index in [0.29, 0.717) is 23.1 Å². The van der Waals surface area contributed by atoms with E-state index in [4.69, 9.17) is 5.73 Å². The number of nitrogens with zero attached hydrogens (tertiary/aromatic N) is 1. The number of pyridine rings is 1. The van der Waals surface area contributed by atoms with Crippen LogP contribution in [0.4, 0.5) is 4.39 Å². The molecule has 0 aliphatic rings. The van der Waals surface area contributed by atoms with Crippen LogP contribution in [0.5, 0.6) is 0 Å². The minimum absolute atomic E-state index is 0.315. The van der Waals surface area contributed by atoms with Crippen molar-refractivity contribution in [3.63, 3.8) is 0 Å². The number of hydrogen-bond donors (Lipinski definition) is 1. The summed E-state index contributed by atoms with van der Waals surface area (Å²) in [6, 6.07) is 3.52. The van der Waals surface area contributed by atoms with Crippen LogP contribution in [0.1, 0.15) is 18.3 Å². The van der Waals surface area contributed by atoms with E-state index in [2.05, 4.69) is 20.9 Å². The maximum atomic E-state index is 13.2. The molecule has 0 radical (unpaired) electrons. The van der Waals surface area contributed by atoms with Crippen molar-refractivity contribution in [2.75, 3.05) is 6.54 Å². The van der Waals surface area contributed by atoms with Crippen molar-refractivity contribution in [2.24, 2.45) is 5.73 Å². The van der Waals surface area contributed by atoms with E-state index in [1.165, 1.54) is 0 Å². The van der Waals surface area contributed by atoms with E-state index in [-0.39, 0.29) is 0 Å². The highest BCUT2D eigenvalue weighted by molar-refractivity contribution is 9.10. The second kappa shape index (κ2) is 4.52. The molecule has 1 aromatic rings. The Balaban J connectivity index is 2.79. The summed E-state index contributed by atoms with van der Waals surface area (Å²) in [5.74, 6) is 0. The van der Waals surface area contributed by atoms with Crippen molar-refractivity contribution in [2.45, 2.75) is 12.6 Å². The van der Waals surface area contributed by atoms with Crippen molar-refractivity contribution < 1.29 is 4.39 Å². The Kier molecular flexibility index (Phi) is 3.62. The maximum Gasteiger partial charge on any atom is 0.144 e. The number of aromatic nitrogens is 1. The Bertz CT molecular complexity index is 255. The van der Waals surface area contributed by atoms with Gasteiger partial charge < -0.3 is 5.73 Å².